The standard InChI is InChI=1S/C18H13Cl2F5N4S/c1-7-17(30-2)29-16(27-7)14(9-3-4-10(19)12(20)13(9)22)28-15-11(21)5-8(6-26-15)18(23,24)25/h3-6,14H,1-2H3,(H,26,28)(H,27,29)/t14-/m1/s1. The highest BCUT2D eigenvalue weighted by molar-refractivity contribution is 7.98. The minimum atomic E-state index is -4.76. The molecule has 0 spiro atoms. The van der Waals surface area contributed by atoms with Gasteiger partial charge in [0.1, 0.15) is 22.7 Å². The van der Waals surface area contributed by atoms with Crippen molar-refractivity contribution in [1.82, 2.24) is 15.0 Å². The number of benzene rings is 1. The van der Waals surface area contributed by atoms with E-state index >= 15 is 0 Å². The number of aryl methyl sites for hydroxylation is 1. The fourth-order valence-corrected chi connectivity index (χ4v) is 3.56. The highest BCUT2D eigenvalue weighted by atomic mass is 35.5. The van der Waals surface area contributed by atoms with E-state index in [1.54, 1.807) is 13.2 Å². The van der Waals surface area contributed by atoms with E-state index in [1.807, 2.05) is 0 Å². The number of halogens is 7. The lowest BCUT2D eigenvalue weighted by atomic mass is 10.1. The number of hydrogen-bond acceptors (Lipinski definition) is 4. The van der Waals surface area contributed by atoms with Gasteiger partial charge in [-0.25, -0.2) is 18.7 Å². The topological polar surface area (TPSA) is 53.6 Å². The van der Waals surface area contributed by atoms with Crippen LogP contribution in [-0.2, 0) is 6.18 Å². The normalized spacial score (nSPS) is 12.8. The zero-order chi connectivity index (χ0) is 22.2. The van der Waals surface area contributed by atoms with Gasteiger partial charge in [0.15, 0.2) is 11.6 Å². The molecule has 0 fully saturated rings. The Labute approximate surface area is 182 Å². The quantitative estimate of drug-likeness (QED) is 0.243. The Bertz CT molecular complexity index is 1090. The molecule has 30 heavy (non-hydrogen) atoms. The summed E-state index contributed by atoms with van der Waals surface area (Å²) in [6.07, 6.45) is -2.49. The number of imidazole rings is 1. The predicted molar refractivity (Wildman–Crippen MR) is 106 cm³/mol. The SMILES string of the molecule is CSc1nc([C@H](Nc2ncc(C(F)(F)F)cc2F)c2ccc(Cl)c(Cl)c2F)[nH]c1C. The van der Waals surface area contributed by atoms with Crippen LogP contribution in [0.4, 0.5) is 27.8 Å². The van der Waals surface area contributed by atoms with Crippen LogP contribution in [0.2, 0.25) is 10.0 Å². The predicted octanol–water partition coefficient (Wildman–Crippen LogP) is 6.64. The molecule has 2 aromatic heterocycles. The van der Waals surface area contributed by atoms with Crippen LogP contribution in [-0.4, -0.2) is 21.2 Å². The summed E-state index contributed by atoms with van der Waals surface area (Å²) in [6.45, 7) is 1.74. The van der Waals surface area contributed by atoms with Crippen molar-refractivity contribution in [3.8, 4) is 0 Å². The molecule has 1 aromatic carbocycles. The lowest BCUT2D eigenvalue weighted by molar-refractivity contribution is -0.138. The van der Waals surface area contributed by atoms with E-state index in [-0.39, 0.29) is 21.4 Å². The number of aromatic nitrogens is 3. The van der Waals surface area contributed by atoms with Crippen LogP contribution in [0, 0.1) is 18.6 Å². The summed E-state index contributed by atoms with van der Waals surface area (Å²) in [5.41, 5.74) is -0.626. The highest BCUT2D eigenvalue weighted by Gasteiger charge is 2.32. The van der Waals surface area contributed by atoms with Crippen LogP contribution in [0.5, 0.6) is 0 Å². The van der Waals surface area contributed by atoms with Crippen LogP contribution < -0.4 is 5.32 Å². The zero-order valence-electron chi connectivity index (χ0n) is 15.3. The monoisotopic (exact) mass is 482 g/mol. The summed E-state index contributed by atoms with van der Waals surface area (Å²) in [6, 6.07) is 1.83. The van der Waals surface area contributed by atoms with Crippen LogP contribution in [0.25, 0.3) is 0 Å². The third-order valence-electron chi connectivity index (χ3n) is 4.15. The number of anilines is 1. The third kappa shape index (κ3) is 4.50. The van der Waals surface area contributed by atoms with Crippen LogP contribution in [0.15, 0.2) is 29.4 Å². The maximum atomic E-state index is 14.8. The first kappa shape index (κ1) is 22.6. The number of H-pyrrole nitrogens is 1. The van der Waals surface area contributed by atoms with Crippen molar-refractivity contribution < 1.29 is 22.0 Å². The van der Waals surface area contributed by atoms with Gasteiger partial charge in [0, 0.05) is 17.5 Å². The Kier molecular flexibility index (Phi) is 6.49. The van der Waals surface area contributed by atoms with Crippen molar-refractivity contribution in [3.05, 3.63) is 68.7 Å². The molecule has 2 heterocycles. The molecular formula is C18H13Cl2F5N4S. The molecule has 0 saturated heterocycles. The van der Waals surface area contributed by atoms with E-state index in [1.165, 1.54) is 23.9 Å². The first-order chi connectivity index (χ1) is 14.0. The molecule has 4 nitrogen and oxygen atoms in total. The Balaban J connectivity index is 2.10. The summed E-state index contributed by atoms with van der Waals surface area (Å²) in [5, 5.41) is 2.84. The molecule has 0 unspecified atom stereocenters. The molecule has 0 aliphatic heterocycles. The first-order valence-corrected chi connectivity index (χ1v) is 10.2. The summed E-state index contributed by atoms with van der Waals surface area (Å²) in [5.74, 6) is -2.47. The van der Waals surface area contributed by atoms with Gasteiger partial charge in [0.25, 0.3) is 0 Å². The number of thioether (sulfide) groups is 1. The van der Waals surface area contributed by atoms with Gasteiger partial charge in [0.05, 0.1) is 15.6 Å². The van der Waals surface area contributed by atoms with E-state index in [4.69, 9.17) is 23.2 Å². The zero-order valence-corrected chi connectivity index (χ0v) is 17.7. The number of nitrogens with zero attached hydrogens (tertiary/aromatic N) is 2. The van der Waals surface area contributed by atoms with Gasteiger partial charge in [-0.3, -0.25) is 0 Å². The molecule has 160 valence electrons. The van der Waals surface area contributed by atoms with Crippen LogP contribution in [0.1, 0.15) is 28.7 Å². The molecule has 2 N–H and O–H groups in total. The largest absolute Gasteiger partial charge is 0.417 e. The molecule has 0 amide bonds. The third-order valence-corrected chi connectivity index (χ3v) is 5.72. The molecule has 1 atom stereocenters. The number of aromatic amines is 1. The van der Waals surface area contributed by atoms with Crippen molar-refractivity contribution >= 4 is 40.8 Å². The minimum absolute atomic E-state index is 0.0315. The lowest BCUT2D eigenvalue weighted by Crippen LogP contribution is -2.18. The van der Waals surface area contributed by atoms with Crippen LogP contribution >= 0.6 is 35.0 Å². The smallest absolute Gasteiger partial charge is 0.354 e. The van der Waals surface area contributed by atoms with Crippen molar-refractivity contribution in [1.29, 1.82) is 0 Å². The second kappa shape index (κ2) is 8.60. The molecule has 3 rings (SSSR count). The maximum Gasteiger partial charge on any atom is 0.417 e. The molecule has 0 saturated carbocycles. The van der Waals surface area contributed by atoms with Crippen molar-refractivity contribution in [2.24, 2.45) is 0 Å². The molecular weight excluding hydrogens is 470 g/mol. The van der Waals surface area contributed by atoms with Gasteiger partial charge in [-0.1, -0.05) is 29.3 Å². The number of alkyl halides is 3. The summed E-state index contributed by atoms with van der Waals surface area (Å²) < 4.78 is 67.6. The second-order valence-electron chi connectivity index (χ2n) is 6.15. The molecule has 12 heteroatoms. The van der Waals surface area contributed by atoms with Gasteiger partial charge in [0.2, 0.25) is 0 Å². The van der Waals surface area contributed by atoms with Gasteiger partial charge in [-0.2, -0.15) is 13.2 Å². The Morgan fingerprint density at radius 3 is 2.47 bits per heavy atom. The number of pyridine rings is 1. The van der Waals surface area contributed by atoms with Gasteiger partial charge >= 0.3 is 6.18 Å². The highest BCUT2D eigenvalue weighted by Crippen LogP contribution is 2.36. The molecule has 0 aliphatic carbocycles. The maximum absolute atomic E-state index is 14.8. The van der Waals surface area contributed by atoms with Gasteiger partial charge < -0.3 is 10.3 Å². The lowest BCUT2D eigenvalue weighted by Gasteiger charge is -2.20. The first-order valence-electron chi connectivity index (χ1n) is 8.26. The summed E-state index contributed by atoms with van der Waals surface area (Å²) >= 11 is 13.1. The van der Waals surface area contributed by atoms with E-state index < -0.39 is 35.2 Å². The second-order valence-corrected chi connectivity index (χ2v) is 7.73. The van der Waals surface area contributed by atoms with Gasteiger partial charge in [-0.15, -0.1) is 11.8 Å². The van der Waals surface area contributed by atoms with E-state index in [2.05, 4.69) is 20.3 Å². The van der Waals surface area contributed by atoms with E-state index in [0.717, 1.165) is 0 Å². The average Bonchev–Trinajstić information content (AvgIpc) is 3.05. The van der Waals surface area contributed by atoms with Crippen LogP contribution in [0.3, 0.4) is 0 Å². The number of hydrogen-bond donors (Lipinski definition) is 2. The fourth-order valence-electron chi connectivity index (χ4n) is 2.70. The fraction of sp³-hybridized carbons (Fsp3) is 0.222. The van der Waals surface area contributed by atoms with E-state index in [0.29, 0.717) is 23.0 Å². The molecule has 0 radical (unpaired) electrons. The Hall–Kier alpha value is -2.04. The van der Waals surface area contributed by atoms with E-state index in [9.17, 15) is 22.0 Å². The minimum Gasteiger partial charge on any atom is -0.354 e. The average molecular weight is 483 g/mol. The summed E-state index contributed by atoms with van der Waals surface area (Å²) in [4.78, 5) is 10.8. The Morgan fingerprint density at radius 2 is 1.90 bits per heavy atom. The Morgan fingerprint density at radius 1 is 1.20 bits per heavy atom. The summed E-state index contributed by atoms with van der Waals surface area (Å²) in [7, 11) is 0. The van der Waals surface area contributed by atoms with Gasteiger partial charge in [-0.05, 0) is 25.3 Å². The molecule has 0 bridgehead atoms. The molecule has 0 aliphatic rings. The van der Waals surface area contributed by atoms with Crippen molar-refractivity contribution in [2.45, 2.75) is 24.2 Å². The molecule has 3 aromatic rings. The van der Waals surface area contributed by atoms with Crippen molar-refractivity contribution in [2.75, 3.05) is 11.6 Å². The number of rotatable bonds is 5. The number of nitrogens with one attached hydrogen (secondary N) is 2. The van der Waals surface area contributed by atoms with Crippen molar-refractivity contribution in [3.63, 3.8) is 0 Å².